The number of amides is 1. The molecule has 0 atom stereocenters. The molecule has 0 aliphatic heterocycles. The summed E-state index contributed by atoms with van der Waals surface area (Å²) in [6, 6.07) is 5.31. The number of hydrogen-bond acceptors (Lipinski definition) is 6. The van der Waals surface area contributed by atoms with Gasteiger partial charge < -0.3 is 19.5 Å². The maximum Gasteiger partial charge on any atom is 0.341 e. The number of ether oxygens (including phenoxy) is 3. The SMILES string of the molecule is CCOC(=O)c1c(NC(=O)/C=C/c2cc(OC)ccc2OC)sc(C)c1C. The molecule has 0 aliphatic carbocycles. The molecule has 144 valence electrons. The first-order valence-corrected chi connectivity index (χ1v) is 9.21. The zero-order valence-corrected chi connectivity index (χ0v) is 16.9. The van der Waals surface area contributed by atoms with Crippen molar-refractivity contribution in [2.24, 2.45) is 0 Å². The Morgan fingerprint density at radius 2 is 1.93 bits per heavy atom. The number of carbonyl (C=O) groups excluding carboxylic acids is 2. The highest BCUT2D eigenvalue weighted by Gasteiger charge is 2.21. The van der Waals surface area contributed by atoms with Crippen LogP contribution in [0.25, 0.3) is 6.08 Å². The third kappa shape index (κ3) is 4.89. The lowest BCUT2D eigenvalue weighted by Gasteiger charge is -2.07. The summed E-state index contributed by atoms with van der Waals surface area (Å²) in [6.45, 7) is 5.76. The van der Waals surface area contributed by atoms with Gasteiger partial charge in [0, 0.05) is 16.5 Å². The molecule has 7 heteroatoms. The molecule has 1 amide bonds. The molecule has 2 rings (SSSR count). The minimum absolute atomic E-state index is 0.274. The van der Waals surface area contributed by atoms with Crippen LogP contribution in [0.2, 0.25) is 0 Å². The number of esters is 1. The van der Waals surface area contributed by atoms with E-state index in [0.29, 0.717) is 27.6 Å². The summed E-state index contributed by atoms with van der Waals surface area (Å²) in [5, 5.41) is 3.25. The van der Waals surface area contributed by atoms with Crippen molar-refractivity contribution >= 4 is 34.3 Å². The Morgan fingerprint density at radius 3 is 2.56 bits per heavy atom. The Bertz CT molecular complexity index is 869. The van der Waals surface area contributed by atoms with Gasteiger partial charge in [-0.2, -0.15) is 0 Å². The molecule has 0 fully saturated rings. The first-order valence-electron chi connectivity index (χ1n) is 8.39. The van der Waals surface area contributed by atoms with E-state index in [4.69, 9.17) is 14.2 Å². The Kier molecular flexibility index (Phi) is 7.01. The average molecular weight is 389 g/mol. The van der Waals surface area contributed by atoms with Crippen LogP contribution in [-0.4, -0.2) is 32.7 Å². The highest BCUT2D eigenvalue weighted by atomic mass is 32.1. The number of anilines is 1. The highest BCUT2D eigenvalue weighted by molar-refractivity contribution is 7.16. The van der Waals surface area contributed by atoms with Crippen LogP contribution in [0.4, 0.5) is 5.00 Å². The molecule has 27 heavy (non-hydrogen) atoms. The van der Waals surface area contributed by atoms with E-state index in [1.54, 1.807) is 45.4 Å². The summed E-state index contributed by atoms with van der Waals surface area (Å²) in [7, 11) is 3.13. The van der Waals surface area contributed by atoms with Crippen LogP contribution in [0.15, 0.2) is 24.3 Å². The Labute approximate surface area is 162 Å². The van der Waals surface area contributed by atoms with E-state index >= 15 is 0 Å². The number of thiophene rings is 1. The zero-order chi connectivity index (χ0) is 20.0. The van der Waals surface area contributed by atoms with E-state index < -0.39 is 5.97 Å². The molecule has 1 N–H and O–H groups in total. The van der Waals surface area contributed by atoms with E-state index in [2.05, 4.69) is 5.32 Å². The number of carbonyl (C=O) groups is 2. The lowest BCUT2D eigenvalue weighted by atomic mass is 10.1. The molecule has 0 saturated carbocycles. The number of hydrogen-bond donors (Lipinski definition) is 1. The standard InChI is InChI=1S/C20H23NO5S/c1-6-26-20(23)18-12(2)13(3)27-19(18)21-17(22)10-7-14-11-15(24-4)8-9-16(14)25-5/h7-11H,6H2,1-5H3,(H,21,22)/b10-7+. The van der Waals surface area contributed by atoms with Crippen LogP contribution in [-0.2, 0) is 9.53 Å². The van der Waals surface area contributed by atoms with Crippen molar-refractivity contribution in [3.05, 3.63) is 45.8 Å². The van der Waals surface area contributed by atoms with Gasteiger partial charge in [-0.1, -0.05) is 0 Å². The maximum atomic E-state index is 12.4. The number of benzene rings is 1. The summed E-state index contributed by atoms with van der Waals surface area (Å²) in [6.07, 6.45) is 3.02. The second kappa shape index (κ2) is 9.23. The summed E-state index contributed by atoms with van der Waals surface area (Å²) in [4.78, 5) is 25.5. The number of nitrogens with one attached hydrogen (secondary N) is 1. The molecule has 0 bridgehead atoms. The Morgan fingerprint density at radius 1 is 1.19 bits per heavy atom. The van der Waals surface area contributed by atoms with Crippen LogP contribution in [0.5, 0.6) is 11.5 Å². The monoisotopic (exact) mass is 389 g/mol. The predicted octanol–water partition coefficient (Wildman–Crippen LogP) is 4.21. The van der Waals surface area contributed by atoms with Gasteiger partial charge in [0.25, 0.3) is 0 Å². The average Bonchev–Trinajstić information content (AvgIpc) is 2.93. The second-order valence-electron chi connectivity index (χ2n) is 5.64. The second-order valence-corrected chi connectivity index (χ2v) is 6.86. The molecule has 0 saturated heterocycles. The smallest absolute Gasteiger partial charge is 0.341 e. The first kappa shape index (κ1) is 20.5. The van der Waals surface area contributed by atoms with Crippen LogP contribution < -0.4 is 14.8 Å². The molecule has 0 radical (unpaired) electrons. The molecule has 0 spiro atoms. The van der Waals surface area contributed by atoms with Crippen molar-refractivity contribution in [2.75, 3.05) is 26.1 Å². The van der Waals surface area contributed by atoms with Crippen LogP contribution in [0, 0.1) is 13.8 Å². The quantitative estimate of drug-likeness (QED) is 0.567. The van der Waals surface area contributed by atoms with Crippen molar-refractivity contribution in [3.63, 3.8) is 0 Å². The van der Waals surface area contributed by atoms with E-state index in [1.165, 1.54) is 17.4 Å². The number of rotatable bonds is 7. The topological polar surface area (TPSA) is 73.9 Å². The molecule has 1 heterocycles. The first-order chi connectivity index (χ1) is 12.9. The van der Waals surface area contributed by atoms with E-state index in [9.17, 15) is 9.59 Å². The van der Waals surface area contributed by atoms with Gasteiger partial charge in [0.2, 0.25) is 5.91 Å². The summed E-state index contributed by atoms with van der Waals surface area (Å²) < 4.78 is 15.6. The van der Waals surface area contributed by atoms with Crippen molar-refractivity contribution in [1.82, 2.24) is 0 Å². The van der Waals surface area contributed by atoms with Gasteiger partial charge >= 0.3 is 5.97 Å². The zero-order valence-electron chi connectivity index (χ0n) is 16.0. The number of methoxy groups -OCH3 is 2. The fraction of sp³-hybridized carbons (Fsp3) is 0.300. The maximum absolute atomic E-state index is 12.4. The van der Waals surface area contributed by atoms with Gasteiger partial charge in [-0.3, -0.25) is 4.79 Å². The largest absolute Gasteiger partial charge is 0.497 e. The van der Waals surface area contributed by atoms with Gasteiger partial charge in [-0.05, 0) is 50.6 Å². The summed E-state index contributed by atoms with van der Waals surface area (Å²) in [5.74, 6) is 0.486. The van der Waals surface area contributed by atoms with E-state index in [0.717, 1.165) is 10.4 Å². The van der Waals surface area contributed by atoms with Crippen LogP contribution in [0.3, 0.4) is 0 Å². The van der Waals surface area contributed by atoms with Crippen molar-refractivity contribution < 1.29 is 23.8 Å². The highest BCUT2D eigenvalue weighted by Crippen LogP contribution is 2.33. The van der Waals surface area contributed by atoms with Crippen LogP contribution >= 0.6 is 11.3 Å². The molecule has 1 aromatic heterocycles. The molecular formula is C20H23NO5S. The lowest BCUT2D eigenvalue weighted by molar-refractivity contribution is -0.111. The predicted molar refractivity (Wildman–Crippen MR) is 107 cm³/mol. The van der Waals surface area contributed by atoms with Gasteiger partial charge in [0.05, 0.1) is 26.4 Å². The molecular weight excluding hydrogens is 366 g/mol. The van der Waals surface area contributed by atoms with Crippen molar-refractivity contribution in [3.8, 4) is 11.5 Å². The van der Waals surface area contributed by atoms with Gasteiger partial charge in [-0.25, -0.2) is 4.79 Å². The molecule has 0 aliphatic rings. The van der Waals surface area contributed by atoms with E-state index in [-0.39, 0.29) is 12.5 Å². The third-order valence-electron chi connectivity index (χ3n) is 3.95. The van der Waals surface area contributed by atoms with E-state index in [1.807, 2.05) is 13.8 Å². The Balaban J connectivity index is 2.23. The van der Waals surface area contributed by atoms with Crippen molar-refractivity contribution in [1.29, 1.82) is 0 Å². The Hall–Kier alpha value is -2.80. The fourth-order valence-electron chi connectivity index (χ4n) is 2.45. The summed E-state index contributed by atoms with van der Waals surface area (Å²) in [5.41, 5.74) is 1.92. The van der Waals surface area contributed by atoms with Gasteiger partial charge in [0.1, 0.15) is 16.5 Å². The molecule has 0 unspecified atom stereocenters. The molecule has 2 aromatic rings. The molecule has 1 aromatic carbocycles. The minimum atomic E-state index is -0.437. The van der Waals surface area contributed by atoms with Crippen molar-refractivity contribution in [2.45, 2.75) is 20.8 Å². The summed E-state index contributed by atoms with van der Waals surface area (Å²) >= 11 is 1.35. The van der Waals surface area contributed by atoms with Gasteiger partial charge in [-0.15, -0.1) is 11.3 Å². The minimum Gasteiger partial charge on any atom is -0.497 e. The fourth-order valence-corrected chi connectivity index (χ4v) is 3.50. The normalized spacial score (nSPS) is 10.7. The molecule has 6 nitrogen and oxygen atoms in total. The lowest BCUT2D eigenvalue weighted by Crippen LogP contribution is -2.12. The van der Waals surface area contributed by atoms with Crippen LogP contribution in [0.1, 0.15) is 33.3 Å². The number of aryl methyl sites for hydroxylation is 1. The third-order valence-corrected chi connectivity index (χ3v) is 5.08. The van der Waals surface area contributed by atoms with Gasteiger partial charge in [0.15, 0.2) is 0 Å².